The Labute approximate surface area is 174 Å². The van der Waals surface area contributed by atoms with Crippen molar-refractivity contribution < 1.29 is 23.9 Å². The Morgan fingerprint density at radius 2 is 1.53 bits per heavy atom. The highest BCUT2D eigenvalue weighted by atomic mass is 16.5. The number of carbonyl (C=O) groups is 3. The molecule has 0 spiro atoms. The molecule has 0 aliphatic heterocycles. The largest absolute Gasteiger partial charge is 0.497 e. The van der Waals surface area contributed by atoms with E-state index >= 15 is 0 Å². The fourth-order valence-corrected chi connectivity index (χ4v) is 2.85. The van der Waals surface area contributed by atoms with Gasteiger partial charge in [-0.25, -0.2) is 4.79 Å². The topological polar surface area (TPSA) is 81.7 Å². The lowest BCUT2D eigenvalue weighted by atomic mass is 10.1. The molecule has 152 valence electrons. The van der Waals surface area contributed by atoms with Crippen LogP contribution >= 0.6 is 0 Å². The first-order valence-corrected chi connectivity index (χ1v) is 9.30. The molecule has 0 saturated heterocycles. The van der Waals surface area contributed by atoms with Crippen LogP contribution in [0.4, 0.5) is 5.69 Å². The number of amides is 1. The van der Waals surface area contributed by atoms with Crippen LogP contribution in [0.3, 0.4) is 0 Å². The maximum Gasteiger partial charge on any atom is 0.339 e. The third kappa shape index (κ3) is 5.11. The fraction of sp³-hybridized carbons (Fsp3) is 0.125. The van der Waals surface area contributed by atoms with Crippen molar-refractivity contribution in [2.45, 2.75) is 13.0 Å². The molecule has 0 bridgehead atoms. The number of benzene rings is 3. The maximum absolute atomic E-state index is 13.0. The zero-order valence-corrected chi connectivity index (χ0v) is 16.6. The fourth-order valence-electron chi connectivity index (χ4n) is 2.85. The van der Waals surface area contributed by atoms with E-state index in [2.05, 4.69) is 5.32 Å². The van der Waals surface area contributed by atoms with Crippen molar-refractivity contribution in [3.8, 4) is 5.75 Å². The zero-order chi connectivity index (χ0) is 21.5. The summed E-state index contributed by atoms with van der Waals surface area (Å²) < 4.78 is 10.7. The van der Waals surface area contributed by atoms with E-state index in [-0.39, 0.29) is 11.3 Å². The lowest BCUT2D eigenvalue weighted by molar-refractivity contribution is -0.125. The van der Waals surface area contributed by atoms with Gasteiger partial charge >= 0.3 is 5.97 Å². The number of ketones is 1. The SMILES string of the molecule is COc1cccc(C(=O)O[C@H](C(=O)Nc2cccc(C(C)=O)c2)c2ccccc2)c1. The molecule has 0 aliphatic carbocycles. The molecule has 3 aromatic rings. The van der Waals surface area contributed by atoms with E-state index in [0.29, 0.717) is 22.6 Å². The van der Waals surface area contributed by atoms with Crippen molar-refractivity contribution in [3.63, 3.8) is 0 Å². The number of esters is 1. The molecule has 0 aromatic heterocycles. The minimum absolute atomic E-state index is 0.116. The van der Waals surface area contributed by atoms with Gasteiger partial charge in [-0.2, -0.15) is 0 Å². The van der Waals surface area contributed by atoms with E-state index in [1.165, 1.54) is 14.0 Å². The van der Waals surface area contributed by atoms with Crippen LogP contribution in [0, 0.1) is 0 Å². The van der Waals surface area contributed by atoms with Crippen molar-refractivity contribution in [3.05, 3.63) is 95.6 Å². The molecule has 3 rings (SSSR count). The third-order valence-corrected chi connectivity index (χ3v) is 4.41. The van der Waals surface area contributed by atoms with E-state index in [1.54, 1.807) is 78.9 Å². The molecule has 6 heteroatoms. The average molecular weight is 403 g/mol. The van der Waals surface area contributed by atoms with Crippen LogP contribution in [-0.2, 0) is 9.53 Å². The Morgan fingerprint density at radius 3 is 2.23 bits per heavy atom. The molecule has 0 fully saturated rings. The summed E-state index contributed by atoms with van der Waals surface area (Å²) in [5.74, 6) is -0.796. The van der Waals surface area contributed by atoms with E-state index < -0.39 is 18.0 Å². The molecular formula is C24H21NO5. The predicted molar refractivity (Wildman–Crippen MR) is 113 cm³/mol. The van der Waals surface area contributed by atoms with Gasteiger partial charge in [0.25, 0.3) is 5.91 Å². The number of hydrogen-bond donors (Lipinski definition) is 1. The first kappa shape index (κ1) is 20.8. The number of hydrogen-bond acceptors (Lipinski definition) is 5. The molecule has 0 heterocycles. The molecule has 0 radical (unpaired) electrons. The minimum Gasteiger partial charge on any atom is -0.497 e. The molecule has 1 amide bonds. The van der Waals surface area contributed by atoms with Gasteiger partial charge in [0.2, 0.25) is 6.10 Å². The van der Waals surface area contributed by atoms with Gasteiger partial charge in [-0.1, -0.05) is 48.5 Å². The lowest BCUT2D eigenvalue weighted by Gasteiger charge is -2.18. The summed E-state index contributed by atoms with van der Waals surface area (Å²) in [6.45, 7) is 1.45. The van der Waals surface area contributed by atoms with Gasteiger partial charge in [-0.15, -0.1) is 0 Å². The molecule has 1 atom stereocenters. The number of rotatable bonds is 7. The first-order valence-electron chi connectivity index (χ1n) is 9.30. The van der Waals surface area contributed by atoms with Crippen molar-refractivity contribution in [2.75, 3.05) is 12.4 Å². The molecule has 0 saturated carbocycles. The molecule has 1 N–H and O–H groups in total. The van der Waals surface area contributed by atoms with Crippen LogP contribution in [0.15, 0.2) is 78.9 Å². The second-order valence-corrected chi connectivity index (χ2v) is 6.55. The highest BCUT2D eigenvalue weighted by Gasteiger charge is 2.26. The Morgan fingerprint density at radius 1 is 0.833 bits per heavy atom. The van der Waals surface area contributed by atoms with Gasteiger partial charge in [0.05, 0.1) is 12.7 Å². The number of methoxy groups -OCH3 is 1. The van der Waals surface area contributed by atoms with Gasteiger partial charge in [0.1, 0.15) is 5.75 Å². The zero-order valence-electron chi connectivity index (χ0n) is 16.6. The van der Waals surface area contributed by atoms with Gasteiger partial charge < -0.3 is 14.8 Å². The number of ether oxygens (including phenoxy) is 2. The van der Waals surface area contributed by atoms with Gasteiger partial charge in [0, 0.05) is 16.8 Å². The normalized spacial score (nSPS) is 11.3. The minimum atomic E-state index is -1.18. The van der Waals surface area contributed by atoms with Crippen LogP contribution in [0.1, 0.15) is 39.3 Å². The second-order valence-electron chi connectivity index (χ2n) is 6.55. The number of anilines is 1. The summed E-state index contributed by atoms with van der Waals surface area (Å²) >= 11 is 0. The van der Waals surface area contributed by atoms with Gasteiger partial charge in [0.15, 0.2) is 5.78 Å². The van der Waals surface area contributed by atoms with Crippen LogP contribution in [0.5, 0.6) is 5.75 Å². The molecule has 6 nitrogen and oxygen atoms in total. The Hall–Kier alpha value is -3.93. The summed E-state index contributed by atoms with van der Waals surface area (Å²) in [6, 6.07) is 21.8. The van der Waals surface area contributed by atoms with E-state index in [4.69, 9.17) is 9.47 Å². The number of Topliss-reactive ketones (excluding diaryl/α,β-unsaturated/α-hetero) is 1. The summed E-state index contributed by atoms with van der Waals surface area (Å²) in [7, 11) is 1.50. The third-order valence-electron chi connectivity index (χ3n) is 4.41. The van der Waals surface area contributed by atoms with Crippen LogP contribution in [0.25, 0.3) is 0 Å². The van der Waals surface area contributed by atoms with Crippen molar-refractivity contribution in [2.24, 2.45) is 0 Å². The maximum atomic E-state index is 13.0. The van der Waals surface area contributed by atoms with E-state index in [1.807, 2.05) is 0 Å². The smallest absolute Gasteiger partial charge is 0.339 e. The summed E-state index contributed by atoms with van der Waals surface area (Å²) in [5.41, 5.74) is 1.69. The van der Waals surface area contributed by atoms with Crippen molar-refractivity contribution in [1.82, 2.24) is 0 Å². The second kappa shape index (κ2) is 9.52. The first-order chi connectivity index (χ1) is 14.5. The van der Waals surface area contributed by atoms with Crippen molar-refractivity contribution in [1.29, 1.82) is 0 Å². The quantitative estimate of drug-likeness (QED) is 0.466. The highest BCUT2D eigenvalue weighted by Crippen LogP contribution is 2.23. The standard InChI is InChI=1S/C24H21NO5/c1-16(26)18-10-6-12-20(14-18)25-23(27)22(17-8-4-3-5-9-17)30-24(28)19-11-7-13-21(15-19)29-2/h3-15,22H,1-2H3,(H,25,27)/t22-/m0/s1. The Kier molecular flexibility index (Phi) is 6.60. The van der Waals surface area contributed by atoms with Gasteiger partial charge in [-0.05, 0) is 37.3 Å². The monoisotopic (exact) mass is 403 g/mol. The number of carbonyl (C=O) groups excluding carboxylic acids is 3. The van der Waals surface area contributed by atoms with Gasteiger partial charge in [-0.3, -0.25) is 9.59 Å². The predicted octanol–water partition coefficient (Wildman–Crippen LogP) is 4.43. The molecule has 0 aliphatic rings. The Bertz CT molecular complexity index is 1060. The molecule has 3 aromatic carbocycles. The highest BCUT2D eigenvalue weighted by molar-refractivity contribution is 6.00. The Balaban J connectivity index is 1.85. The van der Waals surface area contributed by atoms with E-state index in [0.717, 1.165) is 0 Å². The molecule has 30 heavy (non-hydrogen) atoms. The van der Waals surface area contributed by atoms with Crippen LogP contribution < -0.4 is 10.1 Å². The lowest BCUT2D eigenvalue weighted by Crippen LogP contribution is -2.26. The average Bonchev–Trinajstić information content (AvgIpc) is 2.78. The molecular weight excluding hydrogens is 382 g/mol. The van der Waals surface area contributed by atoms with Crippen LogP contribution in [0.2, 0.25) is 0 Å². The van der Waals surface area contributed by atoms with Crippen molar-refractivity contribution >= 4 is 23.3 Å². The number of nitrogens with one attached hydrogen (secondary N) is 1. The summed E-state index contributed by atoms with van der Waals surface area (Å²) in [4.78, 5) is 37.3. The summed E-state index contributed by atoms with van der Waals surface area (Å²) in [6.07, 6.45) is -1.18. The van der Waals surface area contributed by atoms with Crippen LogP contribution in [-0.4, -0.2) is 24.8 Å². The summed E-state index contributed by atoms with van der Waals surface area (Å²) in [5, 5.41) is 2.72. The molecule has 0 unspecified atom stereocenters. The van der Waals surface area contributed by atoms with E-state index in [9.17, 15) is 14.4 Å².